The third-order valence-corrected chi connectivity index (χ3v) is 5.34. The van der Waals surface area contributed by atoms with Gasteiger partial charge in [-0.2, -0.15) is 0 Å². The summed E-state index contributed by atoms with van der Waals surface area (Å²) in [7, 11) is 0. The predicted octanol–water partition coefficient (Wildman–Crippen LogP) is 3.11. The summed E-state index contributed by atoms with van der Waals surface area (Å²) in [4.78, 5) is 14.9. The number of nitrogens with zero attached hydrogens (tertiary/aromatic N) is 1. The van der Waals surface area contributed by atoms with Gasteiger partial charge in [0.1, 0.15) is 5.82 Å². The number of carbonyl (C=O) groups excluding carboxylic acids is 1. The van der Waals surface area contributed by atoms with Crippen LogP contribution in [0.25, 0.3) is 0 Å². The van der Waals surface area contributed by atoms with Gasteiger partial charge in [-0.05, 0) is 43.7 Å². The van der Waals surface area contributed by atoms with E-state index in [0.29, 0.717) is 23.9 Å². The number of nitrogens with two attached hydrogens (primary N) is 1. The van der Waals surface area contributed by atoms with Crippen LogP contribution < -0.4 is 5.73 Å². The van der Waals surface area contributed by atoms with Crippen LogP contribution in [0.2, 0.25) is 0 Å². The molecule has 1 aliphatic carbocycles. The summed E-state index contributed by atoms with van der Waals surface area (Å²) >= 11 is 0. The normalized spacial score (nSPS) is 31.7. The number of amides is 1. The average Bonchev–Trinajstić information content (AvgIpc) is 3.13. The highest BCUT2D eigenvalue weighted by molar-refractivity contribution is 5.80. The van der Waals surface area contributed by atoms with E-state index in [4.69, 9.17) is 5.73 Å². The van der Waals surface area contributed by atoms with Gasteiger partial charge in [0.05, 0.1) is 6.04 Å². The monoisotopic (exact) mass is 304 g/mol. The highest BCUT2D eigenvalue weighted by Gasteiger charge is 2.41. The number of halogens is 1. The van der Waals surface area contributed by atoms with Crippen LogP contribution in [0.1, 0.15) is 44.2 Å². The van der Waals surface area contributed by atoms with Crippen molar-refractivity contribution in [1.29, 1.82) is 0 Å². The van der Waals surface area contributed by atoms with Gasteiger partial charge in [0.25, 0.3) is 0 Å². The first-order valence-electron chi connectivity index (χ1n) is 8.36. The molecule has 1 saturated carbocycles. The Hall–Kier alpha value is -1.42. The van der Waals surface area contributed by atoms with Gasteiger partial charge in [0.15, 0.2) is 0 Å². The van der Waals surface area contributed by atoms with Gasteiger partial charge in [-0.1, -0.05) is 31.5 Å². The van der Waals surface area contributed by atoms with Gasteiger partial charge in [-0.25, -0.2) is 4.39 Å². The minimum Gasteiger partial charge on any atom is -0.335 e. The minimum absolute atomic E-state index is 0.0320. The molecule has 4 atom stereocenters. The molecule has 2 aliphatic rings. The summed E-state index contributed by atoms with van der Waals surface area (Å²) in [6.07, 6.45) is 3.88. The molecule has 3 rings (SSSR count). The lowest BCUT2D eigenvalue weighted by Crippen LogP contribution is -2.39. The van der Waals surface area contributed by atoms with Crippen molar-refractivity contribution in [3.63, 3.8) is 0 Å². The second kappa shape index (κ2) is 6.37. The molecule has 1 saturated heterocycles. The first-order valence-corrected chi connectivity index (χ1v) is 8.36. The zero-order valence-corrected chi connectivity index (χ0v) is 13.2. The van der Waals surface area contributed by atoms with Crippen molar-refractivity contribution >= 4 is 5.91 Å². The molecule has 0 spiro atoms. The van der Waals surface area contributed by atoms with Crippen molar-refractivity contribution in [2.45, 2.75) is 38.6 Å². The molecule has 0 aromatic heterocycles. The van der Waals surface area contributed by atoms with Crippen molar-refractivity contribution in [2.75, 3.05) is 13.1 Å². The van der Waals surface area contributed by atoms with Crippen LogP contribution in [-0.4, -0.2) is 23.9 Å². The smallest absolute Gasteiger partial charge is 0.226 e. The van der Waals surface area contributed by atoms with Crippen molar-refractivity contribution < 1.29 is 9.18 Å². The zero-order chi connectivity index (χ0) is 15.7. The Kier molecular flexibility index (Phi) is 4.48. The van der Waals surface area contributed by atoms with E-state index in [9.17, 15) is 9.18 Å². The first-order chi connectivity index (χ1) is 10.6. The first kappa shape index (κ1) is 15.5. The highest BCUT2D eigenvalue weighted by Crippen LogP contribution is 2.40. The van der Waals surface area contributed by atoms with E-state index in [1.807, 2.05) is 17.0 Å². The van der Waals surface area contributed by atoms with Crippen LogP contribution in [-0.2, 0) is 4.79 Å². The standard InChI is InChI=1S/C18H25FN2O/c1-12-9-17(15-6-2-3-8-16(15)19)21(11-12)18(22)14-7-4-5-13(14)10-20/h2-3,6,8,12-14,17H,4-5,7,9-11,20H2,1H3/t12?,13-,14-,17?/m1/s1. The lowest BCUT2D eigenvalue weighted by Gasteiger charge is -2.30. The van der Waals surface area contributed by atoms with Gasteiger partial charge < -0.3 is 10.6 Å². The van der Waals surface area contributed by atoms with Gasteiger partial charge in [-0.3, -0.25) is 4.79 Å². The number of carbonyl (C=O) groups is 1. The Labute approximate surface area is 131 Å². The van der Waals surface area contributed by atoms with E-state index in [-0.39, 0.29) is 23.7 Å². The van der Waals surface area contributed by atoms with Crippen LogP contribution in [0.15, 0.2) is 24.3 Å². The second-order valence-electron chi connectivity index (χ2n) is 6.90. The van der Waals surface area contributed by atoms with E-state index >= 15 is 0 Å². The van der Waals surface area contributed by atoms with E-state index in [2.05, 4.69) is 6.92 Å². The van der Waals surface area contributed by atoms with Crippen molar-refractivity contribution in [1.82, 2.24) is 4.90 Å². The summed E-state index contributed by atoms with van der Waals surface area (Å²) in [6, 6.07) is 6.72. The maximum Gasteiger partial charge on any atom is 0.226 e. The third-order valence-electron chi connectivity index (χ3n) is 5.34. The Balaban J connectivity index is 1.85. The Morgan fingerprint density at radius 2 is 2.14 bits per heavy atom. The molecule has 120 valence electrons. The number of hydrogen-bond donors (Lipinski definition) is 1. The molecular formula is C18H25FN2O. The third kappa shape index (κ3) is 2.76. The van der Waals surface area contributed by atoms with Crippen LogP contribution in [0, 0.1) is 23.6 Å². The summed E-state index contributed by atoms with van der Waals surface area (Å²) in [5.74, 6) is 0.715. The van der Waals surface area contributed by atoms with Gasteiger partial charge in [-0.15, -0.1) is 0 Å². The lowest BCUT2D eigenvalue weighted by molar-refractivity contribution is -0.137. The van der Waals surface area contributed by atoms with E-state index < -0.39 is 0 Å². The van der Waals surface area contributed by atoms with Gasteiger partial charge in [0.2, 0.25) is 5.91 Å². The lowest BCUT2D eigenvalue weighted by atomic mass is 9.93. The molecule has 2 N–H and O–H groups in total. The molecule has 4 heteroatoms. The molecule has 2 unspecified atom stereocenters. The molecule has 22 heavy (non-hydrogen) atoms. The van der Waals surface area contributed by atoms with Crippen LogP contribution >= 0.6 is 0 Å². The molecular weight excluding hydrogens is 279 g/mol. The molecule has 1 amide bonds. The van der Waals surface area contributed by atoms with E-state index in [1.54, 1.807) is 6.07 Å². The van der Waals surface area contributed by atoms with Crippen molar-refractivity contribution in [2.24, 2.45) is 23.5 Å². The van der Waals surface area contributed by atoms with E-state index in [0.717, 1.165) is 32.2 Å². The molecule has 1 aromatic carbocycles. The fourth-order valence-electron chi connectivity index (χ4n) is 4.19. The van der Waals surface area contributed by atoms with Crippen LogP contribution in [0.5, 0.6) is 0 Å². The van der Waals surface area contributed by atoms with Crippen LogP contribution in [0.3, 0.4) is 0 Å². The summed E-state index contributed by atoms with van der Waals surface area (Å²) in [6.45, 7) is 3.44. The maximum atomic E-state index is 14.2. The quantitative estimate of drug-likeness (QED) is 0.932. The Bertz CT molecular complexity index is 548. The Morgan fingerprint density at radius 3 is 2.86 bits per heavy atom. The highest BCUT2D eigenvalue weighted by atomic mass is 19.1. The van der Waals surface area contributed by atoms with Crippen molar-refractivity contribution in [3.05, 3.63) is 35.6 Å². The summed E-state index contributed by atoms with van der Waals surface area (Å²) < 4.78 is 14.2. The van der Waals surface area contributed by atoms with E-state index in [1.165, 1.54) is 6.07 Å². The number of hydrogen-bond acceptors (Lipinski definition) is 2. The van der Waals surface area contributed by atoms with Gasteiger partial charge in [0, 0.05) is 18.0 Å². The maximum absolute atomic E-state index is 14.2. The number of benzene rings is 1. The largest absolute Gasteiger partial charge is 0.335 e. The molecule has 1 aliphatic heterocycles. The summed E-state index contributed by atoms with van der Waals surface area (Å²) in [5, 5.41) is 0. The predicted molar refractivity (Wildman–Crippen MR) is 84.5 cm³/mol. The molecule has 1 aromatic rings. The fourth-order valence-corrected chi connectivity index (χ4v) is 4.19. The summed E-state index contributed by atoms with van der Waals surface area (Å²) in [5.41, 5.74) is 6.48. The zero-order valence-electron chi connectivity index (χ0n) is 13.2. The van der Waals surface area contributed by atoms with Crippen LogP contribution in [0.4, 0.5) is 4.39 Å². The van der Waals surface area contributed by atoms with Gasteiger partial charge >= 0.3 is 0 Å². The molecule has 0 radical (unpaired) electrons. The average molecular weight is 304 g/mol. The molecule has 2 fully saturated rings. The fraction of sp³-hybridized carbons (Fsp3) is 0.611. The topological polar surface area (TPSA) is 46.3 Å². The number of rotatable bonds is 3. The molecule has 3 nitrogen and oxygen atoms in total. The minimum atomic E-state index is -0.207. The SMILES string of the molecule is CC1CC(c2ccccc2F)N(C(=O)[C@@H]2CCC[C@@H]2CN)C1. The molecule has 0 bridgehead atoms. The molecule has 1 heterocycles. The Morgan fingerprint density at radius 1 is 1.36 bits per heavy atom. The second-order valence-corrected chi connectivity index (χ2v) is 6.90. The number of likely N-dealkylation sites (tertiary alicyclic amines) is 1. The van der Waals surface area contributed by atoms with Crippen molar-refractivity contribution in [3.8, 4) is 0 Å².